The molecule has 0 saturated carbocycles. The number of benzene rings is 1. The topological polar surface area (TPSA) is 37.3 Å². The molecule has 2 heterocycles. The highest BCUT2D eigenvalue weighted by Gasteiger charge is 2.12. The molecule has 2 aromatic rings. The van der Waals surface area contributed by atoms with Crippen LogP contribution in [0.1, 0.15) is 11.7 Å². The van der Waals surface area contributed by atoms with E-state index in [0.29, 0.717) is 0 Å². The van der Waals surface area contributed by atoms with Crippen molar-refractivity contribution in [1.29, 1.82) is 0 Å². The van der Waals surface area contributed by atoms with Gasteiger partial charge in [0.25, 0.3) is 0 Å². The van der Waals surface area contributed by atoms with E-state index in [2.05, 4.69) is 27.4 Å². The molecule has 0 amide bonds. The first-order valence-electron chi connectivity index (χ1n) is 5.03. The third-order valence-electron chi connectivity index (χ3n) is 2.58. The Morgan fingerprint density at radius 2 is 2.20 bits per heavy atom. The van der Waals surface area contributed by atoms with Crippen LogP contribution in [0.3, 0.4) is 0 Å². The average molecular weight is 197 g/mol. The molecule has 0 aliphatic carbocycles. The van der Waals surface area contributed by atoms with Gasteiger partial charge in [0.05, 0.1) is 5.52 Å². The van der Waals surface area contributed by atoms with E-state index in [0.717, 1.165) is 17.6 Å². The summed E-state index contributed by atoms with van der Waals surface area (Å²) < 4.78 is 0. The number of hydrogen-bond donors (Lipinski definition) is 1. The van der Waals surface area contributed by atoms with Crippen molar-refractivity contribution >= 4 is 17.1 Å². The van der Waals surface area contributed by atoms with Crippen LogP contribution < -0.4 is 5.32 Å². The van der Waals surface area contributed by atoms with E-state index < -0.39 is 0 Å². The Morgan fingerprint density at radius 3 is 3.07 bits per heavy atom. The van der Waals surface area contributed by atoms with Gasteiger partial charge in [-0.15, -0.1) is 0 Å². The number of pyridine rings is 1. The maximum absolute atomic E-state index is 4.41. The second-order valence-electron chi connectivity index (χ2n) is 3.60. The zero-order chi connectivity index (χ0) is 10.1. The second kappa shape index (κ2) is 3.44. The molecule has 0 radical (unpaired) electrons. The minimum absolute atomic E-state index is 0.0853. The molecule has 1 aliphatic rings. The predicted molar refractivity (Wildman–Crippen MR) is 61.0 cm³/mol. The number of hydrogen-bond acceptors (Lipinski definition) is 3. The Bertz CT molecular complexity index is 519. The molecule has 1 aromatic carbocycles. The molecular formula is C12H11N3. The van der Waals surface area contributed by atoms with Gasteiger partial charge in [-0.25, -0.2) is 0 Å². The van der Waals surface area contributed by atoms with Crippen LogP contribution in [0.4, 0.5) is 0 Å². The Kier molecular flexibility index (Phi) is 1.96. The SMILES string of the molecule is C1=NC(c2cnc3ccccc3c2)NC1. The van der Waals surface area contributed by atoms with Crippen LogP contribution in [0.15, 0.2) is 41.5 Å². The third kappa shape index (κ3) is 1.51. The van der Waals surface area contributed by atoms with Crippen LogP contribution >= 0.6 is 0 Å². The molecular weight excluding hydrogens is 186 g/mol. The summed E-state index contributed by atoms with van der Waals surface area (Å²) in [5.74, 6) is 0. The number of nitrogens with one attached hydrogen (secondary N) is 1. The number of nitrogens with zero attached hydrogens (tertiary/aromatic N) is 2. The van der Waals surface area contributed by atoms with E-state index in [4.69, 9.17) is 0 Å². The molecule has 1 aromatic heterocycles. The lowest BCUT2D eigenvalue weighted by Gasteiger charge is -2.08. The fourth-order valence-corrected chi connectivity index (χ4v) is 1.82. The van der Waals surface area contributed by atoms with E-state index in [-0.39, 0.29) is 6.17 Å². The standard InChI is InChI=1S/C12H11N3/c1-2-4-11-9(3-1)7-10(8-15-11)12-13-5-6-14-12/h1-5,7-8,12,14H,6H2. The van der Waals surface area contributed by atoms with Crippen LogP contribution in [0.25, 0.3) is 10.9 Å². The quantitative estimate of drug-likeness (QED) is 0.758. The Morgan fingerprint density at radius 1 is 1.27 bits per heavy atom. The van der Waals surface area contributed by atoms with Crippen molar-refractivity contribution in [2.24, 2.45) is 4.99 Å². The van der Waals surface area contributed by atoms with Gasteiger partial charge in [-0.2, -0.15) is 0 Å². The van der Waals surface area contributed by atoms with Gasteiger partial charge in [0.1, 0.15) is 6.17 Å². The van der Waals surface area contributed by atoms with Crippen molar-refractivity contribution < 1.29 is 0 Å². The minimum atomic E-state index is 0.0853. The first kappa shape index (κ1) is 8.56. The molecule has 1 aliphatic heterocycles. The second-order valence-corrected chi connectivity index (χ2v) is 3.60. The maximum Gasteiger partial charge on any atom is 0.127 e. The minimum Gasteiger partial charge on any atom is -0.287 e. The summed E-state index contributed by atoms with van der Waals surface area (Å²) in [6.45, 7) is 0.845. The fourth-order valence-electron chi connectivity index (χ4n) is 1.82. The lowest BCUT2D eigenvalue weighted by Crippen LogP contribution is -2.14. The molecule has 0 bridgehead atoms. The van der Waals surface area contributed by atoms with Crippen molar-refractivity contribution in [2.75, 3.05) is 6.54 Å². The zero-order valence-corrected chi connectivity index (χ0v) is 8.22. The van der Waals surface area contributed by atoms with Gasteiger partial charge in [0.15, 0.2) is 0 Å². The Hall–Kier alpha value is -1.74. The van der Waals surface area contributed by atoms with Gasteiger partial charge in [-0.3, -0.25) is 15.3 Å². The van der Waals surface area contributed by atoms with Gasteiger partial charge in [-0.1, -0.05) is 18.2 Å². The van der Waals surface area contributed by atoms with E-state index in [9.17, 15) is 0 Å². The van der Waals surface area contributed by atoms with Crippen LogP contribution in [0, 0.1) is 0 Å². The van der Waals surface area contributed by atoms with Crippen LogP contribution in [0.5, 0.6) is 0 Å². The maximum atomic E-state index is 4.41. The summed E-state index contributed by atoms with van der Waals surface area (Å²) >= 11 is 0. The van der Waals surface area contributed by atoms with E-state index >= 15 is 0 Å². The first-order valence-corrected chi connectivity index (χ1v) is 5.03. The first-order chi connectivity index (χ1) is 7.43. The van der Waals surface area contributed by atoms with Gasteiger partial charge in [0, 0.05) is 29.9 Å². The van der Waals surface area contributed by atoms with Crippen molar-refractivity contribution in [3.05, 3.63) is 42.1 Å². The molecule has 1 unspecified atom stereocenters. The highest BCUT2D eigenvalue weighted by Crippen LogP contribution is 2.19. The molecule has 3 heteroatoms. The summed E-state index contributed by atoms with van der Waals surface area (Å²) in [5.41, 5.74) is 2.16. The number of rotatable bonds is 1. The molecule has 0 spiro atoms. The third-order valence-corrected chi connectivity index (χ3v) is 2.58. The van der Waals surface area contributed by atoms with Gasteiger partial charge < -0.3 is 0 Å². The summed E-state index contributed by atoms with van der Waals surface area (Å²) in [6, 6.07) is 10.3. The van der Waals surface area contributed by atoms with Crippen molar-refractivity contribution in [3.63, 3.8) is 0 Å². The number of para-hydroxylation sites is 1. The Labute approximate surface area is 87.9 Å². The smallest absolute Gasteiger partial charge is 0.127 e. The van der Waals surface area contributed by atoms with E-state index in [1.165, 1.54) is 5.39 Å². The van der Waals surface area contributed by atoms with Gasteiger partial charge >= 0.3 is 0 Å². The zero-order valence-electron chi connectivity index (χ0n) is 8.22. The van der Waals surface area contributed by atoms with Crippen molar-refractivity contribution in [3.8, 4) is 0 Å². The molecule has 1 atom stereocenters. The van der Waals surface area contributed by atoms with Crippen LogP contribution in [-0.2, 0) is 0 Å². The molecule has 3 rings (SSSR count). The Balaban J connectivity index is 2.09. The highest BCUT2D eigenvalue weighted by atomic mass is 15.1. The summed E-state index contributed by atoms with van der Waals surface area (Å²) in [5, 5.41) is 4.44. The summed E-state index contributed by atoms with van der Waals surface area (Å²) in [4.78, 5) is 8.75. The van der Waals surface area contributed by atoms with Crippen LogP contribution in [0.2, 0.25) is 0 Å². The normalized spacial score (nSPS) is 19.9. The lowest BCUT2D eigenvalue weighted by atomic mass is 10.1. The number of fused-ring (bicyclic) bond motifs is 1. The number of aliphatic imine (C=N–C) groups is 1. The summed E-state index contributed by atoms with van der Waals surface area (Å²) in [7, 11) is 0. The van der Waals surface area contributed by atoms with Crippen LogP contribution in [-0.4, -0.2) is 17.7 Å². The number of aromatic nitrogens is 1. The van der Waals surface area contributed by atoms with Gasteiger partial charge in [-0.05, 0) is 12.1 Å². The molecule has 3 nitrogen and oxygen atoms in total. The highest BCUT2D eigenvalue weighted by molar-refractivity contribution is 5.79. The molecule has 74 valence electrons. The predicted octanol–water partition coefficient (Wildman–Crippen LogP) is 1.91. The van der Waals surface area contributed by atoms with E-state index in [1.807, 2.05) is 30.6 Å². The monoisotopic (exact) mass is 197 g/mol. The molecule has 1 N–H and O–H groups in total. The molecule has 15 heavy (non-hydrogen) atoms. The largest absolute Gasteiger partial charge is 0.287 e. The van der Waals surface area contributed by atoms with E-state index in [1.54, 1.807) is 0 Å². The molecule has 0 fully saturated rings. The summed E-state index contributed by atoms with van der Waals surface area (Å²) in [6.07, 6.45) is 3.88. The average Bonchev–Trinajstić information content (AvgIpc) is 2.82. The van der Waals surface area contributed by atoms with Gasteiger partial charge in [0.2, 0.25) is 0 Å². The van der Waals surface area contributed by atoms with Crippen molar-refractivity contribution in [2.45, 2.75) is 6.17 Å². The lowest BCUT2D eigenvalue weighted by molar-refractivity contribution is 0.642. The fraction of sp³-hybridized carbons (Fsp3) is 0.167. The van der Waals surface area contributed by atoms with Crippen molar-refractivity contribution in [1.82, 2.24) is 10.3 Å². The molecule has 0 saturated heterocycles.